The molecule has 2 rings (SSSR count). The highest BCUT2D eigenvalue weighted by molar-refractivity contribution is 5.78. The SMILES string of the molecule is CC(C)(CNC(=O)Cc1ccc(F)cc1)c1ccccc1F. The van der Waals surface area contributed by atoms with Crippen molar-refractivity contribution in [3.05, 3.63) is 71.3 Å². The van der Waals surface area contributed by atoms with Crippen LogP contribution in [0.4, 0.5) is 8.78 Å². The maximum Gasteiger partial charge on any atom is 0.224 e. The van der Waals surface area contributed by atoms with Crippen LogP contribution in [0, 0.1) is 11.6 Å². The van der Waals surface area contributed by atoms with Crippen molar-refractivity contribution < 1.29 is 13.6 Å². The summed E-state index contributed by atoms with van der Waals surface area (Å²) in [5.41, 5.74) is 0.795. The van der Waals surface area contributed by atoms with Gasteiger partial charge in [0.05, 0.1) is 6.42 Å². The molecule has 2 aromatic rings. The summed E-state index contributed by atoms with van der Waals surface area (Å²) in [5, 5.41) is 2.81. The Hall–Kier alpha value is -2.23. The third-order valence-electron chi connectivity index (χ3n) is 3.61. The first-order valence-electron chi connectivity index (χ1n) is 7.15. The van der Waals surface area contributed by atoms with Crippen LogP contribution in [0.3, 0.4) is 0 Å². The van der Waals surface area contributed by atoms with Crippen molar-refractivity contribution in [1.29, 1.82) is 0 Å². The average molecular weight is 303 g/mol. The van der Waals surface area contributed by atoms with Crippen molar-refractivity contribution in [2.75, 3.05) is 6.54 Å². The molecule has 2 aromatic carbocycles. The Balaban J connectivity index is 1.95. The van der Waals surface area contributed by atoms with E-state index in [2.05, 4.69) is 5.32 Å². The zero-order valence-corrected chi connectivity index (χ0v) is 12.7. The standard InChI is InChI=1S/C18H19F2NO/c1-18(2,15-5-3-4-6-16(15)20)12-21-17(22)11-13-7-9-14(19)10-8-13/h3-10H,11-12H2,1-2H3,(H,21,22). The number of hydrogen-bond donors (Lipinski definition) is 1. The van der Waals surface area contributed by atoms with Gasteiger partial charge >= 0.3 is 0 Å². The molecule has 116 valence electrons. The smallest absolute Gasteiger partial charge is 0.224 e. The first-order valence-corrected chi connectivity index (χ1v) is 7.15. The largest absolute Gasteiger partial charge is 0.355 e. The van der Waals surface area contributed by atoms with Gasteiger partial charge < -0.3 is 5.32 Å². The summed E-state index contributed by atoms with van der Waals surface area (Å²) >= 11 is 0. The number of rotatable bonds is 5. The lowest BCUT2D eigenvalue weighted by Gasteiger charge is -2.26. The molecule has 0 aliphatic heterocycles. The molecule has 0 aromatic heterocycles. The molecule has 0 fully saturated rings. The fraction of sp³-hybridized carbons (Fsp3) is 0.278. The summed E-state index contributed by atoms with van der Waals surface area (Å²) in [6.07, 6.45) is 0.174. The van der Waals surface area contributed by atoms with Crippen LogP contribution in [0.1, 0.15) is 25.0 Å². The Morgan fingerprint density at radius 1 is 1.05 bits per heavy atom. The van der Waals surface area contributed by atoms with Crippen molar-refractivity contribution >= 4 is 5.91 Å². The van der Waals surface area contributed by atoms with Gasteiger partial charge in [-0.15, -0.1) is 0 Å². The minimum Gasteiger partial charge on any atom is -0.355 e. The maximum absolute atomic E-state index is 13.8. The van der Waals surface area contributed by atoms with Crippen LogP contribution < -0.4 is 5.32 Å². The van der Waals surface area contributed by atoms with Crippen molar-refractivity contribution in [2.24, 2.45) is 0 Å². The van der Waals surface area contributed by atoms with Gasteiger partial charge in [0.1, 0.15) is 11.6 Å². The Labute approximate surface area is 129 Å². The summed E-state index contributed by atoms with van der Waals surface area (Å²) in [6, 6.07) is 12.4. The van der Waals surface area contributed by atoms with Gasteiger partial charge in [-0.05, 0) is 29.3 Å². The lowest BCUT2D eigenvalue weighted by Crippen LogP contribution is -2.37. The molecule has 0 saturated carbocycles. The molecule has 2 nitrogen and oxygen atoms in total. The second kappa shape index (κ2) is 6.69. The second-order valence-corrected chi connectivity index (χ2v) is 5.94. The highest BCUT2D eigenvalue weighted by atomic mass is 19.1. The van der Waals surface area contributed by atoms with Crippen molar-refractivity contribution in [3.8, 4) is 0 Å². The number of nitrogens with one attached hydrogen (secondary N) is 1. The number of carbonyl (C=O) groups is 1. The Kier molecular flexibility index (Phi) is 4.91. The Bertz CT molecular complexity index is 650. The maximum atomic E-state index is 13.8. The summed E-state index contributed by atoms with van der Waals surface area (Å²) in [4.78, 5) is 12.0. The monoisotopic (exact) mass is 303 g/mol. The van der Waals surface area contributed by atoms with Crippen LogP contribution in [-0.2, 0) is 16.6 Å². The molecule has 4 heteroatoms. The zero-order valence-electron chi connectivity index (χ0n) is 12.7. The predicted octanol–water partition coefficient (Wildman–Crippen LogP) is 3.60. The van der Waals surface area contributed by atoms with Crippen molar-refractivity contribution in [3.63, 3.8) is 0 Å². The molecule has 0 spiro atoms. The fourth-order valence-electron chi connectivity index (χ4n) is 2.28. The van der Waals surface area contributed by atoms with E-state index in [1.165, 1.54) is 18.2 Å². The molecule has 0 saturated heterocycles. The van der Waals surface area contributed by atoms with E-state index in [9.17, 15) is 13.6 Å². The molecule has 1 amide bonds. The summed E-state index contributed by atoms with van der Waals surface area (Å²) < 4.78 is 26.7. The molecule has 0 aliphatic rings. The van der Waals surface area contributed by atoms with Gasteiger partial charge in [-0.1, -0.05) is 44.2 Å². The summed E-state index contributed by atoms with van der Waals surface area (Å²) in [7, 11) is 0. The minimum absolute atomic E-state index is 0.170. The molecule has 0 unspecified atom stereocenters. The van der Waals surface area contributed by atoms with Crippen LogP contribution in [-0.4, -0.2) is 12.5 Å². The Morgan fingerprint density at radius 2 is 1.68 bits per heavy atom. The molecular formula is C18H19F2NO. The predicted molar refractivity (Wildman–Crippen MR) is 82.5 cm³/mol. The van der Waals surface area contributed by atoms with Crippen LogP contribution in [0.25, 0.3) is 0 Å². The lowest BCUT2D eigenvalue weighted by atomic mass is 9.84. The van der Waals surface area contributed by atoms with Crippen LogP contribution in [0.15, 0.2) is 48.5 Å². The highest BCUT2D eigenvalue weighted by Crippen LogP contribution is 2.24. The number of halogens is 2. The van der Waals surface area contributed by atoms with Crippen molar-refractivity contribution in [1.82, 2.24) is 5.32 Å². The molecule has 0 radical (unpaired) electrons. The van der Waals surface area contributed by atoms with Crippen LogP contribution in [0.5, 0.6) is 0 Å². The van der Waals surface area contributed by atoms with E-state index < -0.39 is 5.41 Å². The van der Waals surface area contributed by atoms with E-state index in [0.29, 0.717) is 12.1 Å². The zero-order chi connectivity index (χ0) is 16.2. The summed E-state index contributed by atoms with van der Waals surface area (Å²) in [6.45, 7) is 4.08. The molecule has 0 bridgehead atoms. The van der Waals surface area contributed by atoms with Gasteiger partial charge in [-0.3, -0.25) is 4.79 Å². The van der Waals surface area contributed by atoms with Gasteiger partial charge in [-0.25, -0.2) is 8.78 Å². The number of carbonyl (C=O) groups excluding carboxylic acids is 1. The van der Waals surface area contributed by atoms with Crippen LogP contribution >= 0.6 is 0 Å². The molecule has 0 atom stereocenters. The number of benzene rings is 2. The lowest BCUT2D eigenvalue weighted by molar-refractivity contribution is -0.120. The molecule has 0 heterocycles. The normalized spacial score (nSPS) is 11.3. The molecular weight excluding hydrogens is 284 g/mol. The topological polar surface area (TPSA) is 29.1 Å². The van der Waals surface area contributed by atoms with Gasteiger partial charge in [-0.2, -0.15) is 0 Å². The third kappa shape index (κ3) is 4.13. The van der Waals surface area contributed by atoms with Crippen LogP contribution in [0.2, 0.25) is 0 Å². The van der Waals surface area contributed by atoms with E-state index in [1.807, 2.05) is 13.8 Å². The van der Waals surface area contributed by atoms with E-state index in [-0.39, 0.29) is 24.0 Å². The number of hydrogen-bond acceptors (Lipinski definition) is 1. The minimum atomic E-state index is -0.510. The molecule has 0 aliphatic carbocycles. The third-order valence-corrected chi connectivity index (χ3v) is 3.61. The van der Waals surface area contributed by atoms with E-state index in [0.717, 1.165) is 5.56 Å². The average Bonchev–Trinajstić information content (AvgIpc) is 2.48. The quantitative estimate of drug-likeness (QED) is 0.898. The van der Waals surface area contributed by atoms with E-state index in [4.69, 9.17) is 0 Å². The van der Waals surface area contributed by atoms with Gasteiger partial charge in [0, 0.05) is 12.0 Å². The first kappa shape index (κ1) is 16.1. The Morgan fingerprint density at radius 3 is 2.32 bits per heavy atom. The van der Waals surface area contributed by atoms with E-state index in [1.54, 1.807) is 30.3 Å². The van der Waals surface area contributed by atoms with Gasteiger partial charge in [0.25, 0.3) is 0 Å². The first-order chi connectivity index (χ1) is 10.4. The van der Waals surface area contributed by atoms with E-state index >= 15 is 0 Å². The second-order valence-electron chi connectivity index (χ2n) is 5.94. The van der Waals surface area contributed by atoms with Gasteiger partial charge in [0.2, 0.25) is 5.91 Å². The summed E-state index contributed by atoms with van der Waals surface area (Å²) in [5.74, 6) is -0.777. The fourth-order valence-corrected chi connectivity index (χ4v) is 2.28. The molecule has 1 N–H and O–H groups in total. The van der Waals surface area contributed by atoms with Crippen molar-refractivity contribution in [2.45, 2.75) is 25.7 Å². The van der Waals surface area contributed by atoms with Gasteiger partial charge in [0.15, 0.2) is 0 Å². The highest BCUT2D eigenvalue weighted by Gasteiger charge is 2.24. The number of amides is 1. The molecule has 22 heavy (non-hydrogen) atoms.